The third-order valence-electron chi connectivity index (χ3n) is 5.90. The van der Waals surface area contributed by atoms with E-state index in [1.54, 1.807) is 14.2 Å². The largest absolute Gasteiger partial charge is 0.496 e. The molecule has 2 heterocycles. The van der Waals surface area contributed by atoms with Gasteiger partial charge in [0.25, 0.3) is 0 Å². The number of benzene rings is 3. The molecule has 2 aliphatic rings. The molecular weight excluding hydrogens is 336 g/mol. The number of nitrogens with zero attached hydrogens (tertiary/aromatic N) is 2. The quantitative estimate of drug-likeness (QED) is 0.640. The Morgan fingerprint density at radius 3 is 1.37 bits per heavy atom. The maximum atomic E-state index is 5.81. The highest BCUT2D eigenvalue weighted by molar-refractivity contribution is 5.91. The molecule has 0 amide bonds. The van der Waals surface area contributed by atoms with Gasteiger partial charge in [-0.1, -0.05) is 18.2 Å². The molecule has 5 rings (SSSR count). The molecule has 27 heavy (non-hydrogen) atoms. The number of anilines is 4. The zero-order valence-corrected chi connectivity index (χ0v) is 16.0. The van der Waals surface area contributed by atoms with E-state index in [-0.39, 0.29) is 5.92 Å². The minimum atomic E-state index is 0.0703. The Kier molecular flexibility index (Phi) is 3.38. The Labute approximate surface area is 159 Å². The Hall–Kier alpha value is -3.14. The van der Waals surface area contributed by atoms with Crippen LogP contribution < -0.4 is 19.3 Å². The van der Waals surface area contributed by atoms with Gasteiger partial charge < -0.3 is 19.3 Å². The van der Waals surface area contributed by atoms with Gasteiger partial charge >= 0.3 is 0 Å². The number of ether oxygens (including phenoxy) is 2. The Balaban J connectivity index is 1.94. The highest BCUT2D eigenvalue weighted by Crippen LogP contribution is 2.59. The number of hydrogen-bond donors (Lipinski definition) is 0. The van der Waals surface area contributed by atoms with Crippen molar-refractivity contribution in [3.63, 3.8) is 0 Å². The molecule has 0 saturated carbocycles. The molecule has 0 unspecified atom stereocenters. The van der Waals surface area contributed by atoms with E-state index in [0.717, 1.165) is 11.5 Å². The maximum absolute atomic E-state index is 5.81. The van der Waals surface area contributed by atoms with E-state index >= 15 is 0 Å². The van der Waals surface area contributed by atoms with Gasteiger partial charge in [0.15, 0.2) is 0 Å². The lowest BCUT2D eigenvalue weighted by Gasteiger charge is -2.43. The van der Waals surface area contributed by atoms with Crippen molar-refractivity contribution < 1.29 is 9.47 Å². The van der Waals surface area contributed by atoms with Crippen molar-refractivity contribution in [3.8, 4) is 11.5 Å². The van der Waals surface area contributed by atoms with Gasteiger partial charge in [0, 0.05) is 59.5 Å². The van der Waals surface area contributed by atoms with E-state index in [9.17, 15) is 0 Å². The fraction of sp³-hybridized carbons (Fsp3) is 0.217. The molecule has 3 aromatic carbocycles. The van der Waals surface area contributed by atoms with Crippen molar-refractivity contribution in [2.45, 2.75) is 5.92 Å². The number of rotatable bonds is 2. The fourth-order valence-electron chi connectivity index (χ4n) is 4.70. The molecule has 0 bridgehead atoms. The van der Waals surface area contributed by atoms with Gasteiger partial charge in [-0.15, -0.1) is 0 Å². The van der Waals surface area contributed by atoms with Gasteiger partial charge in [0.2, 0.25) is 0 Å². The van der Waals surface area contributed by atoms with Crippen LogP contribution in [0.1, 0.15) is 22.6 Å². The van der Waals surface area contributed by atoms with Crippen LogP contribution >= 0.6 is 0 Å². The van der Waals surface area contributed by atoms with Crippen molar-refractivity contribution in [2.75, 3.05) is 38.1 Å². The topological polar surface area (TPSA) is 24.9 Å². The molecule has 0 aromatic heterocycles. The summed E-state index contributed by atoms with van der Waals surface area (Å²) in [6.07, 6.45) is 0. The normalized spacial score (nSPS) is 14.4. The van der Waals surface area contributed by atoms with E-state index in [1.807, 2.05) is 12.1 Å². The number of hydrogen-bond acceptors (Lipinski definition) is 4. The van der Waals surface area contributed by atoms with Gasteiger partial charge in [-0.3, -0.25) is 0 Å². The van der Waals surface area contributed by atoms with E-state index < -0.39 is 0 Å². The average Bonchev–Trinajstić information content (AvgIpc) is 2.72. The summed E-state index contributed by atoms with van der Waals surface area (Å²) in [4.78, 5) is 4.53. The smallest absolute Gasteiger partial charge is 0.125 e. The zero-order chi connectivity index (χ0) is 18.7. The van der Waals surface area contributed by atoms with Crippen molar-refractivity contribution >= 4 is 22.7 Å². The third kappa shape index (κ3) is 1.98. The minimum Gasteiger partial charge on any atom is -0.496 e. The lowest BCUT2D eigenvalue weighted by molar-refractivity contribution is 0.402. The van der Waals surface area contributed by atoms with Gasteiger partial charge in [-0.25, -0.2) is 0 Å². The number of fused-ring (bicyclic) bond motifs is 4. The summed E-state index contributed by atoms with van der Waals surface area (Å²) in [5.41, 5.74) is 8.48. The first-order valence-electron chi connectivity index (χ1n) is 9.11. The van der Waals surface area contributed by atoms with Crippen LogP contribution in [0.25, 0.3) is 0 Å². The summed E-state index contributed by atoms with van der Waals surface area (Å²) in [6, 6.07) is 19.1. The lowest BCUT2D eigenvalue weighted by atomic mass is 9.75. The Bertz CT molecular complexity index is 944. The molecule has 3 aromatic rings. The van der Waals surface area contributed by atoms with Gasteiger partial charge in [0.05, 0.1) is 14.2 Å². The molecule has 0 N–H and O–H groups in total. The van der Waals surface area contributed by atoms with Crippen LogP contribution in [0.15, 0.2) is 54.6 Å². The molecule has 4 nitrogen and oxygen atoms in total. The van der Waals surface area contributed by atoms with Crippen molar-refractivity contribution in [3.05, 3.63) is 71.3 Å². The first-order valence-corrected chi connectivity index (χ1v) is 9.11. The second-order valence-electron chi connectivity index (χ2n) is 7.05. The van der Waals surface area contributed by atoms with Crippen molar-refractivity contribution in [2.24, 2.45) is 0 Å². The van der Waals surface area contributed by atoms with Gasteiger partial charge in [0.1, 0.15) is 11.5 Å². The van der Waals surface area contributed by atoms with Gasteiger partial charge in [-0.05, 0) is 36.4 Å². The summed E-state index contributed by atoms with van der Waals surface area (Å²) in [7, 11) is 7.74. The SMILES string of the molecule is COc1cccc2c1C1c3c(OC)cccc3N(C)c3cccc(c31)N2C. The molecule has 4 heteroatoms. The first-order chi connectivity index (χ1) is 13.2. The second-order valence-corrected chi connectivity index (χ2v) is 7.05. The van der Waals surface area contributed by atoms with E-state index in [1.165, 1.54) is 39.4 Å². The second kappa shape index (κ2) is 5.68. The standard InChI is InChI=1S/C23H22N2O2/c1-24-14-8-5-9-15-20(14)23(21-16(24)10-6-12-18(21)26-3)22-17(25(15)2)11-7-13-19(22)27-4/h5-13,23H,1-4H3. The van der Waals surface area contributed by atoms with Crippen LogP contribution in [0.3, 0.4) is 0 Å². The maximum Gasteiger partial charge on any atom is 0.125 e. The molecule has 136 valence electrons. The number of methoxy groups -OCH3 is 2. The molecular formula is C23H22N2O2. The third-order valence-corrected chi connectivity index (χ3v) is 5.90. The van der Waals surface area contributed by atoms with Crippen LogP contribution in [-0.2, 0) is 0 Å². The van der Waals surface area contributed by atoms with Crippen LogP contribution in [-0.4, -0.2) is 28.3 Å². The molecule has 0 fully saturated rings. The summed E-state index contributed by atoms with van der Waals surface area (Å²) in [5.74, 6) is 1.89. The average molecular weight is 358 g/mol. The highest BCUT2D eigenvalue weighted by Gasteiger charge is 2.41. The van der Waals surface area contributed by atoms with Gasteiger partial charge in [-0.2, -0.15) is 0 Å². The first kappa shape index (κ1) is 16.1. The van der Waals surface area contributed by atoms with E-state index in [4.69, 9.17) is 9.47 Å². The Morgan fingerprint density at radius 1 is 0.593 bits per heavy atom. The van der Waals surface area contributed by atoms with Crippen LogP contribution in [0.5, 0.6) is 11.5 Å². The summed E-state index contributed by atoms with van der Waals surface area (Å²) < 4.78 is 11.6. The molecule has 0 radical (unpaired) electrons. The molecule has 0 aliphatic carbocycles. The van der Waals surface area contributed by atoms with Crippen LogP contribution in [0.4, 0.5) is 22.7 Å². The molecule has 0 atom stereocenters. The molecule has 0 spiro atoms. The zero-order valence-electron chi connectivity index (χ0n) is 16.0. The minimum absolute atomic E-state index is 0.0703. The van der Waals surface area contributed by atoms with Crippen molar-refractivity contribution in [1.82, 2.24) is 0 Å². The fourth-order valence-corrected chi connectivity index (χ4v) is 4.70. The summed E-state index contributed by atoms with van der Waals surface area (Å²) >= 11 is 0. The summed E-state index contributed by atoms with van der Waals surface area (Å²) in [5, 5.41) is 0. The van der Waals surface area contributed by atoms with E-state index in [0.29, 0.717) is 0 Å². The predicted molar refractivity (Wildman–Crippen MR) is 110 cm³/mol. The predicted octanol–water partition coefficient (Wildman–Crippen LogP) is 5.05. The van der Waals surface area contributed by atoms with Crippen molar-refractivity contribution in [1.29, 1.82) is 0 Å². The van der Waals surface area contributed by atoms with E-state index in [2.05, 4.69) is 66.4 Å². The molecule has 2 aliphatic heterocycles. The molecule has 0 saturated heterocycles. The Morgan fingerprint density at radius 2 is 0.963 bits per heavy atom. The van der Waals surface area contributed by atoms with Crippen LogP contribution in [0.2, 0.25) is 0 Å². The highest BCUT2D eigenvalue weighted by atomic mass is 16.5. The summed E-state index contributed by atoms with van der Waals surface area (Å²) in [6.45, 7) is 0. The lowest BCUT2D eigenvalue weighted by Crippen LogP contribution is -2.30. The van der Waals surface area contributed by atoms with Crippen LogP contribution in [0, 0.1) is 0 Å². The monoisotopic (exact) mass is 358 g/mol.